The number of carbonyl (C=O) groups is 2. The van der Waals surface area contributed by atoms with Crippen molar-refractivity contribution in [3.63, 3.8) is 0 Å². The number of likely N-dealkylation sites (tertiary alicyclic amines) is 1. The lowest BCUT2D eigenvalue weighted by Gasteiger charge is -2.38. The van der Waals surface area contributed by atoms with Gasteiger partial charge in [0, 0.05) is 26.2 Å². The Hall–Kier alpha value is -2.64. The minimum absolute atomic E-state index is 0.0411. The lowest BCUT2D eigenvalue weighted by Crippen LogP contribution is -2.50. The summed E-state index contributed by atoms with van der Waals surface area (Å²) in [5.74, 6) is -1.14. The molecule has 1 aliphatic rings. The second-order valence-electron chi connectivity index (χ2n) is 6.39. The maximum Gasteiger partial charge on any atom is 0.311 e. The van der Waals surface area contributed by atoms with E-state index < -0.39 is 16.3 Å². The van der Waals surface area contributed by atoms with Gasteiger partial charge in [-0.1, -0.05) is 12.1 Å². The number of nitro groups is 1. The van der Waals surface area contributed by atoms with Gasteiger partial charge in [-0.05, 0) is 25.8 Å². The van der Waals surface area contributed by atoms with Crippen LogP contribution in [0.5, 0.6) is 0 Å². The molecule has 0 spiro atoms. The van der Waals surface area contributed by atoms with Crippen molar-refractivity contribution in [2.45, 2.75) is 19.8 Å². The minimum atomic E-state index is -0.939. The van der Waals surface area contributed by atoms with Gasteiger partial charge in [0.05, 0.1) is 16.9 Å². The van der Waals surface area contributed by atoms with E-state index in [2.05, 4.69) is 0 Å². The van der Waals surface area contributed by atoms with E-state index >= 15 is 0 Å². The highest BCUT2D eigenvalue weighted by atomic mass is 16.6. The van der Waals surface area contributed by atoms with Gasteiger partial charge < -0.3 is 14.9 Å². The van der Waals surface area contributed by atoms with Gasteiger partial charge >= 0.3 is 5.97 Å². The number of aliphatic carboxylic acids is 1. The zero-order valence-corrected chi connectivity index (χ0v) is 13.8. The number of para-hydroxylation sites is 2. The van der Waals surface area contributed by atoms with Gasteiger partial charge in [-0.3, -0.25) is 19.7 Å². The number of nitrogens with zero attached hydrogens (tertiary/aromatic N) is 3. The number of carboxylic acid groups (broad SMARTS) is 1. The molecule has 24 heavy (non-hydrogen) atoms. The predicted molar refractivity (Wildman–Crippen MR) is 87.9 cm³/mol. The summed E-state index contributed by atoms with van der Waals surface area (Å²) in [6, 6.07) is 6.22. The number of rotatable bonds is 5. The number of hydrogen-bond acceptors (Lipinski definition) is 5. The molecule has 0 aliphatic carbocycles. The highest BCUT2D eigenvalue weighted by molar-refractivity contribution is 5.84. The zero-order valence-electron chi connectivity index (χ0n) is 13.8. The standard InChI is InChI=1S/C16H21N3O5/c1-16(15(21)22)8-5-9-18(11-16)14(20)10-17(2)12-6-3-4-7-13(12)19(23)24/h3-4,6-7H,5,8-11H2,1-2H3,(H,21,22). The highest BCUT2D eigenvalue weighted by Gasteiger charge is 2.39. The summed E-state index contributed by atoms with van der Waals surface area (Å²) in [6.45, 7) is 2.26. The van der Waals surface area contributed by atoms with E-state index in [1.807, 2.05) is 0 Å². The highest BCUT2D eigenvalue weighted by Crippen LogP contribution is 2.30. The topological polar surface area (TPSA) is 104 Å². The lowest BCUT2D eigenvalue weighted by atomic mass is 9.82. The van der Waals surface area contributed by atoms with Crippen LogP contribution in [0.3, 0.4) is 0 Å². The molecule has 1 aromatic carbocycles. The van der Waals surface area contributed by atoms with Gasteiger partial charge in [0.1, 0.15) is 5.69 Å². The molecular weight excluding hydrogens is 314 g/mol. The largest absolute Gasteiger partial charge is 0.481 e. The Morgan fingerprint density at radius 3 is 2.71 bits per heavy atom. The van der Waals surface area contributed by atoms with E-state index in [4.69, 9.17) is 0 Å². The molecule has 1 N–H and O–H groups in total. The molecule has 8 nitrogen and oxygen atoms in total. The first-order valence-electron chi connectivity index (χ1n) is 7.70. The summed E-state index contributed by atoms with van der Waals surface area (Å²) >= 11 is 0. The van der Waals surface area contributed by atoms with Crippen LogP contribution in [0, 0.1) is 15.5 Å². The van der Waals surface area contributed by atoms with E-state index in [-0.39, 0.29) is 24.7 Å². The van der Waals surface area contributed by atoms with Crippen LogP contribution in [0.15, 0.2) is 24.3 Å². The Labute approximate surface area is 139 Å². The molecular formula is C16H21N3O5. The first kappa shape index (κ1) is 17.7. The van der Waals surface area contributed by atoms with Gasteiger partial charge in [-0.25, -0.2) is 0 Å². The first-order chi connectivity index (χ1) is 11.2. The van der Waals surface area contributed by atoms with Crippen LogP contribution in [0.1, 0.15) is 19.8 Å². The molecule has 0 radical (unpaired) electrons. The number of carbonyl (C=O) groups excluding carboxylic acids is 1. The second kappa shape index (κ2) is 6.86. The molecule has 1 atom stereocenters. The van der Waals surface area contributed by atoms with Crippen LogP contribution in [0.25, 0.3) is 0 Å². The quantitative estimate of drug-likeness (QED) is 0.649. The van der Waals surface area contributed by atoms with E-state index in [0.717, 1.165) is 0 Å². The predicted octanol–water partition coefficient (Wildman–Crippen LogP) is 1.74. The van der Waals surface area contributed by atoms with Crippen molar-refractivity contribution in [1.29, 1.82) is 0 Å². The van der Waals surface area contributed by atoms with E-state index in [1.165, 1.54) is 15.9 Å². The number of piperidine rings is 1. The van der Waals surface area contributed by atoms with Crippen molar-refractivity contribution in [1.82, 2.24) is 4.90 Å². The number of benzene rings is 1. The molecule has 0 bridgehead atoms. The monoisotopic (exact) mass is 335 g/mol. The number of carboxylic acids is 1. The molecule has 130 valence electrons. The Balaban J connectivity index is 2.09. The normalized spacial score (nSPS) is 20.5. The van der Waals surface area contributed by atoms with E-state index in [9.17, 15) is 24.8 Å². The Morgan fingerprint density at radius 2 is 2.08 bits per heavy atom. The van der Waals surface area contributed by atoms with Crippen molar-refractivity contribution < 1.29 is 19.6 Å². The number of hydrogen-bond donors (Lipinski definition) is 1. The second-order valence-corrected chi connectivity index (χ2v) is 6.39. The summed E-state index contributed by atoms with van der Waals surface area (Å²) in [5.41, 5.74) is -0.652. The van der Waals surface area contributed by atoms with Gasteiger partial charge in [-0.2, -0.15) is 0 Å². The number of anilines is 1. The molecule has 2 rings (SSSR count). The van der Waals surface area contributed by atoms with E-state index in [0.29, 0.717) is 25.1 Å². The van der Waals surface area contributed by atoms with Crippen LogP contribution >= 0.6 is 0 Å². The smallest absolute Gasteiger partial charge is 0.311 e. The zero-order chi connectivity index (χ0) is 17.9. The van der Waals surface area contributed by atoms with Crippen LogP contribution in [-0.2, 0) is 9.59 Å². The van der Waals surface area contributed by atoms with Gasteiger partial charge in [0.25, 0.3) is 5.69 Å². The molecule has 1 saturated heterocycles. The van der Waals surface area contributed by atoms with Crippen LogP contribution in [0.4, 0.5) is 11.4 Å². The van der Waals surface area contributed by atoms with Gasteiger partial charge in [0.2, 0.25) is 5.91 Å². The maximum absolute atomic E-state index is 12.5. The molecule has 1 unspecified atom stereocenters. The Morgan fingerprint density at radius 1 is 1.42 bits per heavy atom. The number of nitro benzene ring substituents is 1. The summed E-state index contributed by atoms with van der Waals surface area (Å²) < 4.78 is 0. The third kappa shape index (κ3) is 3.64. The molecule has 1 aliphatic heterocycles. The molecule has 1 heterocycles. The summed E-state index contributed by atoms with van der Waals surface area (Å²) in [5, 5.41) is 20.4. The van der Waals surface area contributed by atoms with Crippen LogP contribution < -0.4 is 4.90 Å². The fourth-order valence-electron chi connectivity index (χ4n) is 2.96. The first-order valence-corrected chi connectivity index (χ1v) is 7.70. The minimum Gasteiger partial charge on any atom is -0.481 e. The van der Waals surface area contributed by atoms with Crippen molar-refractivity contribution in [2.75, 3.05) is 31.6 Å². The fourth-order valence-corrected chi connectivity index (χ4v) is 2.96. The van der Waals surface area contributed by atoms with Gasteiger partial charge in [0.15, 0.2) is 0 Å². The van der Waals surface area contributed by atoms with Crippen molar-refractivity contribution in [3.8, 4) is 0 Å². The van der Waals surface area contributed by atoms with Crippen molar-refractivity contribution in [3.05, 3.63) is 34.4 Å². The molecule has 1 amide bonds. The molecule has 8 heteroatoms. The molecule has 1 fully saturated rings. The van der Waals surface area contributed by atoms with Crippen molar-refractivity contribution in [2.24, 2.45) is 5.41 Å². The Kier molecular flexibility index (Phi) is 5.06. The fraction of sp³-hybridized carbons (Fsp3) is 0.500. The van der Waals surface area contributed by atoms with E-state index in [1.54, 1.807) is 32.2 Å². The molecule has 0 saturated carbocycles. The average Bonchev–Trinajstić information content (AvgIpc) is 2.54. The molecule has 1 aromatic rings. The third-order valence-electron chi connectivity index (χ3n) is 4.43. The van der Waals surface area contributed by atoms with Crippen LogP contribution in [-0.4, -0.2) is 53.5 Å². The number of likely N-dealkylation sites (N-methyl/N-ethyl adjacent to an activating group) is 1. The average molecular weight is 335 g/mol. The third-order valence-corrected chi connectivity index (χ3v) is 4.43. The summed E-state index contributed by atoms with van der Waals surface area (Å²) in [7, 11) is 1.61. The Bertz CT molecular complexity index is 663. The summed E-state index contributed by atoms with van der Waals surface area (Å²) in [6.07, 6.45) is 1.16. The molecule has 0 aromatic heterocycles. The van der Waals surface area contributed by atoms with Crippen LogP contribution in [0.2, 0.25) is 0 Å². The maximum atomic E-state index is 12.5. The summed E-state index contributed by atoms with van der Waals surface area (Å²) in [4.78, 5) is 37.5. The van der Waals surface area contributed by atoms with Crippen molar-refractivity contribution >= 4 is 23.3 Å². The number of amides is 1. The lowest BCUT2D eigenvalue weighted by molar-refractivity contribution is -0.384. The van der Waals surface area contributed by atoms with Gasteiger partial charge in [-0.15, -0.1) is 0 Å². The SMILES string of the molecule is CN(CC(=O)N1CCCC(C)(C(=O)O)C1)c1ccccc1[N+](=O)[O-].